The lowest BCUT2D eigenvalue weighted by atomic mass is 10.2. The van der Waals surface area contributed by atoms with Crippen LogP contribution in [0.15, 0.2) is 48.5 Å². The third-order valence-corrected chi connectivity index (χ3v) is 3.94. The van der Waals surface area contributed by atoms with Crippen LogP contribution in [0.2, 0.25) is 5.02 Å². The van der Waals surface area contributed by atoms with Crippen LogP contribution in [0.3, 0.4) is 0 Å². The Labute approximate surface area is 147 Å². The van der Waals surface area contributed by atoms with E-state index in [4.69, 9.17) is 11.6 Å². The van der Waals surface area contributed by atoms with Crippen LogP contribution >= 0.6 is 11.6 Å². The fourth-order valence-electron chi connectivity index (χ4n) is 2.30. The van der Waals surface area contributed by atoms with Crippen molar-refractivity contribution in [2.45, 2.75) is 26.8 Å². The summed E-state index contributed by atoms with van der Waals surface area (Å²) >= 11 is 5.83. The molecule has 0 unspecified atom stereocenters. The zero-order valence-corrected chi connectivity index (χ0v) is 14.6. The normalized spacial score (nSPS) is 10.3. The smallest absolute Gasteiger partial charge is 0.223 e. The Bertz CT molecular complexity index is 696. The molecular formula is C19H21ClN2O2. The molecule has 0 aromatic heterocycles. The third-order valence-electron chi connectivity index (χ3n) is 3.69. The summed E-state index contributed by atoms with van der Waals surface area (Å²) in [6, 6.07) is 15.0. The van der Waals surface area contributed by atoms with E-state index in [9.17, 15) is 9.59 Å². The van der Waals surface area contributed by atoms with Crippen molar-refractivity contribution in [3.8, 4) is 0 Å². The molecule has 2 rings (SSSR count). The molecule has 0 bridgehead atoms. The number of carbonyl (C=O) groups is 2. The molecule has 4 nitrogen and oxygen atoms in total. The molecule has 2 amide bonds. The lowest BCUT2D eigenvalue weighted by Gasteiger charge is -2.21. The summed E-state index contributed by atoms with van der Waals surface area (Å²) in [4.78, 5) is 25.5. The second-order valence-electron chi connectivity index (χ2n) is 5.66. The average molecular weight is 345 g/mol. The number of benzene rings is 2. The molecule has 0 aliphatic heterocycles. The Balaban J connectivity index is 1.87. The second-order valence-corrected chi connectivity index (χ2v) is 6.10. The van der Waals surface area contributed by atoms with Crippen LogP contribution in [0.4, 0.5) is 5.69 Å². The van der Waals surface area contributed by atoms with Crippen LogP contribution in [-0.2, 0) is 16.1 Å². The molecular weight excluding hydrogens is 324 g/mol. The van der Waals surface area contributed by atoms with Crippen LogP contribution in [0.25, 0.3) is 0 Å². The van der Waals surface area contributed by atoms with Crippen LogP contribution in [0, 0.1) is 6.92 Å². The van der Waals surface area contributed by atoms with Gasteiger partial charge in [-0.3, -0.25) is 9.59 Å². The summed E-state index contributed by atoms with van der Waals surface area (Å²) in [5.41, 5.74) is 2.91. The monoisotopic (exact) mass is 344 g/mol. The molecule has 24 heavy (non-hydrogen) atoms. The van der Waals surface area contributed by atoms with Crippen molar-refractivity contribution in [3.05, 3.63) is 64.7 Å². The van der Waals surface area contributed by atoms with Gasteiger partial charge in [-0.25, -0.2) is 0 Å². The first kappa shape index (κ1) is 18.0. The lowest BCUT2D eigenvalue weighted by molar-refractivity contribution is -0.121. The first-order chi connectivity index (χ1) is 11.5. The number of rotatable bonds is 6. The standard InChI is InChI=1S/C19H21ClN2O2/c1-14-3-9-18(10-4-14)22(15(2)23)12-11-19(24)21-13-16-5-7-17(20)8-6-16/h3-10H,11-13H2,1-2H3,(H,21,24). The molecule has 0 saturated carbocycles. The maximum absolute atomic E-state index is 12.0. The van der Waals surface area contributed by atoms with E-state index in [1.807, 2.05) is 43.3 Å². The highest BCUT2D eigenvalue weighted by atomic mass is 35.5. The van der Waals surface area contributed by atoms with E-state index in [1.165, 1.54) is 6.92 Å². The van der Waals surface area contributed by atoms with Gasteiger partial charge in [-0.15, -0.1) is 0 Å². The molecule has 5 heteroatoms. The van der Waals surface area contributed by atoms with E-state index in [0.29, 0.717) is 18.1 Å². The van der Waals surface area contributed by atoms with Crippen molar-refractivity contribution in [3.63, 3.8) is 0 Å². The number of nitrogens with zero attached hydrogens (tertiary/aromatic N) is 1. The van der Waals surface area contributed by atoms with E-state index in [-0.39, 0.29) is 18.2 Å². The molecule has 0 atom stereocenters. The Morgan fingerprint density at radius 2 is 1.67 bits per heavy atom. The highest BCUT2D eigenvalue weighted by molar-refractivity contribution is 6.30. The van der Waals surface area contributed by atoms with Gasteiger partial charge in [0.05, 0.1) is 0 Å². The molecule has 0 saturated heterocycles. The number of nitrogens with one attached hydrogen (secondary N) is 1. The van der Waals surface area contributed by atoms with Gasteiger partial charge >= 0.3 is 0 Å². The summed E-state index contributed by atoms with van der Waals surface area (Å²) in [6.45, 7) is 4.29. The summed E-state index contributed by atoms with van der Waals surface area (Å²) in [5.74, 6) is -0.173. The summed E-state index contributed by atoms with van der Waals surface area (Å²) in [6.07, 6.45) is 0.251. The van der Waals surface area contributed by atoms with E-state index in [1.54, 1.807) is 17.0 Å². The van der Waals surface area contributed by atoms with Crippen LogP contribution < -0.4 is 10.2 Å². The number of aryl methyl sites for hydroxylation is 1. The predicted octanol–water partition coefficient (Wildman–Crippen LogP) is 3.71. The van der Waals surface area contributed by atoms with Gasteiger partial charge in [-0.1, -0.05) is 41.4 Å². The van der Waals surface area contributed by atoms with Crippen molar-refractivity contribution >= 4 is 29.1 Å². The maximum Gasteiger partial charge on any atom is 0.223 e. The highest BCUT2D eigenvalue weighted by Crippen LogP contribution is 2.16. The Morgan fingerprint density at radius 1 is 1.04 bits per heavy atom. The van der Waals surface area contributed by atoms with Gasteiger partial charge in [0, 0.05) is 37.1 Å². The van der Waals surface area contributed by atoms with Crippen molar-refractivity contribution in [2.75, 3.05) is 11.4 Å². The molecule has 2 aromatic carbocycles. The van der Waals surface area contributed by atoms with Crippen molar-refractivity contribution < 1.29 is 9.59 Å². The number of carbonyl (C=O) groups excluding carboxylic acids is 2. The molecule has 0 fully saturated rings. The van der Waals surface area contributed by atoms with Gasteiger partial charge in [0.15, 0.2) is 0 Å². The van der Waals surface area contributed by atoms with Crippen molar-refractivity contribution in [1.29, 1.82) is 0 Å². The second kappa shape index (κ2) is 8.50. The van der Waals surface area contributed by atoms with Crippen molar-refractivity contribution in [2.24, 2.45) is 0 Å². The summed E-state index contributed by atoms with van der Waals surface area (Å²) in [7, 11) is 0. The Kier molecular flexibility index (Phi) is 6.38. The first-order valence-electron chi connectivity index (χ1n) is 7.81. The summed E-state index contributed by atoms with van der Waals surface area (Å²) in [5, 5.41) is 3.52. The van der Waals surface area contributed by atoms with Gasteiger partial charge in [0.2, 0.25) is 11.8 Å². The number of hydrogen-bond donors (Lipinski definition) is 1. The van der Waals surface area contributed by atoms with Gasteiger partial charge in [-0.05, 0) is 36.8 Å². The molecule has 0 aliphatic rings. The van der Waals surface area contributed by atoms with Crippen LogP contribution in [-0.4, -0.2) is 18.4 Å². The van der Waals surface area contributed by atoms with Gasteiger partial charge in [0.1, 0.15) is 0 Å². The van der Waals surface area contributed by atoms with Crippen LogP contribution in [0.1, 0.15) is 24.5 Å². The molecule has 0 spiro atoms. The molecule has 0 radical (unpaired) electrons. The highest BCUT2D eigenvalue weighted by Gasteiger charge is 2.13. The molecule has 1 N–H and O–H groups in total. The van der Waals surface area contributed by atoms with Gasteiger partial charge < -0.3 is 10.2 Å². The largest absolute Gasteiger partial charge is 0.352 e. The average Bonchev–Trinajstić information content (AvgIpc) is 2.56. The first-order valence-corrected chi connectivity index (χ1v) is 8.19. The number of amides is 2. The predicted molar refractivity (Wildman–Crippen MR) is 97.1 cm³/mol. The third kappa shape index (κ3) is 5.39. The molecule has 0 heterocycles. The van der Waals surface area contributed by atoms with E-state index in [0.717, 1.165) is 16.8 Å². The molecule has 0 aliphatic carbocycles. The molecule has 126 valence electrons. The topological polar surface area (TPSA) is 49.4 Å². The van der Waals surface area contributed by atoms with Crippen LogP contribution in [0.5, 0.6) is 0 Å². The molecule has 2 aromatic rings. The Hall–Kier alpha value is -2.33. The zero-order chi connectivity index (χ0) is 17.5. The minimum atomic E-state index is -0.0942. The van der Waals surface area contributed by atoms with E-state index < -0.39 is 0 Å². The SMILES string of the molecule is CC(=O)N(CCC(=O)NCc1ccc(Cl)cc1)c1ccc(C)cc1. The van der Waals surface area contributed by atoms with E-state index >= 15 is 0 Å². The van der Waals surface area contributed by atoms with Crippen molar-refractivity contribution in [1.82, 2.24) is 5.32 Å². The fourth-order valence-corrected chi connectivity index (χ4v) is 2.42. The minimum absolute atomic E-state index is 0.0793. The lowest BCUT2D eigenvalue weighted by Crippen LogP contribution is -2.33. The van der Waals surface area contributed by atoms with Gasteiger partial charge in [0.25, 0.3) is 0 Å². The number of halogens is 1. The van der Waals surface area contributed by atoms with E-state index in [2.05, 4.69) is 5.32 Å². The number of hydrogen-bond acceptors (Lipinski definition) is 2. The minimum Gasteiger partial charge on any atom is -0.352 e. The Morgan fingerprint density at radius 3 is 2.25 bits per heavy atom. The number of anilines is 1. The quantitative estimate of drug-likeness (QED) is 0.868. The fraction of sp³-hybridized carbons (Fsp3) is 0.263. The van der Waals surface area contributed by atoms with Gasteiger partial charge in [-0.2, -0.15) is 0 Å². The summed E-state index contributed by atoms with van der Waals surface area (Å²) < 4.78 is 0. The zero-order valence-electron chi connectivity index (χ0n) is 13.9. The maximum atomic E-state index is 12.0.